The predicted molar refractivity (Wildman–Crippen MR) is 93.5 cm³/mol. The van der Waals surface area contributed by atoms with Crippen LogP contribution in [0.25, 0.3) is 5.65 Å². The molecule has 3 rings (SSSR count). The van der Waals surface area contributed by atoms with Crippen LogP contribution in [-0.2, 0) is 11.3 Å². The second-order valence-corrected chi connectivity index (χ2v) is 6.04. The van der Waals surface area contributed by atoms with Crippen molar-refractivity contribution in [1.29, 1.82) is 0 Å². The Bertz CT molecular complexity index is 889. The maximum absolute atomic E-state index is 12.0. The molecule has 1 amide bonds. The van der Waals surface area contributed by atoms with Gasteiger partial charge in [-0.1, -0.05) is 23.7 Å². The molecular weight excluding hydrogens is 326 g/mol. The van der Waals surface area contributed by atoms with E-state index in [1.54, 1.807) is 12.3 Å². The highest BCUT2D eigenvalue weighted by Crippen LogP contribution is 2.20. The molecule has 124 valence electrons. The van der Waals surface area contributed by atoms with Crippen molar-refractivity contribution in [2.45, 2.75) is 20.4 Å². The van der Waals surface area contributed by atoms with Gasteiger partial charge in [0.1, 0.15) is 11.4 Å². The number of nitrogens with zero attached hydrogens (tertiary/aromatic N) is 2. The number of aryl methyl sites for hydroxylation is 1. The fourth-order valence-electron chi connectivity index (χ4n) is 2.37. The Kier molecular flexibility index (Phi) is 4.71. The molecule has 0 saturated carbocycles. The normalized spacial score (nSPS) is 10.8. The molecule has 0 spiro atoms. The summed E-state index contributed by atoms with van der Waals surface area (Å²) in [4.78, 5) is 16.4. The Morgan fingerprint density at radius 3 is 2.92 bits per heavy atom. The van der Waals surface area contributed by atoms with E-state index >= 15 is 0 Å². The molecule has 0 aliphatic rings. The Hall–Kier alpha value is -2.53. The number of ether oxygens (including phenoxy) is 1. The molecule has 0 radical (unpaired) electrons. The number of nitrogens with one attached hydrogen (secondary N) is 1. The van der Waals surface area contributed by atoms with Crippen LogP contribution in [0.4, 0.5) is 0 Å². The van der Waals surface area contributed by atoms with Crippen molar-refractivity contribution in [2.24, 2.45) is 0 Å². The molecule has 2 aromatic heterocycles. The summed E-state index contributed by atoms with van der Waals surface area (Å²) in [5.41, 5.74) is 3.73. The second-order valence-electron chi connectivity index (χ2n) is 5.61. The lowest BCUT2D eigenvalue weighted by molar-refractivity contribution is -0.123. The summed E-state index contributed by atoms with van der Waals surface area (Å²) in [7, 11) is 0. The van der Waals surface area contributed by atoms with E-state index in [4.69, 9.17) is 16.3 Å². The van der Waals surface area contributed by atoms with Crippen LogP contribution >= 0.6 is 11.6 Å². The van der Waals surface area contributed by atoms with Gasteiger partial charge in [-0.15, -0.1) is 0 Å². The van der Waals surface area contributed by atoms with E-state index in [0.717, 1.165) is 28.2 Å². The Balaban J connectivity index is 1.55. The zero-order chi connectivity index (χ0) is 17.1. The van der Waals surface area contributed by atoms with Crippen LogP contribution in [0.3, 0.4) is 0 Å². The molecule has 0 fully saturated rings. The van der Waals surface area contributed by atoms with Crippen molar-refractivity contribution in [3.8, 4) is 5.75 Å². The zero-order valence-corrected chi connectivity index (χ0v) is 14.3. The smallest absolute Gasteiger partial charge is 0.258 e. The minimum Gasteiger partial charge on any atom is -0.483 e. The standard InChI is InChI=1S/C18H18ClN3O2/c1-12-4-3-5-16(13(12)2)24-11-18(23)20-8-15-10-22-9-14(19)6-7-17(22)21-15/h3-7,9-10H,8,11H2,1-2H3,(H,20,23). The molecule has 2 heterocycles. The maximum atomic E-state index is 12.0. The van der Waals surface area contributed by atoms with Gasteiger partial charge in [0.15, 0.2) is 6.61 Å². The minimum atomic E-state index is -0.189. The summed E-state index contributed by atoms with van der Waals surface area (Å²) in [5.74, 6) is 0.540. The van der Waals surface area contributed by atoms with Crippen LogP contribution < -0.4 is 10.1 Å². The predicted octanol–water partition coefficient (Wildman–Crippen LogP) is 3.30. The summed E-state index contributed by atoms with van der Waals surface area (Å²) in [5, 5.41) is 3.44. The number of hydrogen-bond donors (Lipinski definition) is 1. The third kappa shape index (κ3) is 3.68. The summed E-state index contributed by atoms with van der Waals surface area (Å²) in [6, 6.07) is 9.40. The number of carbonyl (C=O) groups excluding carboxylic acids is 1. The van der Waals surface area contributed by atoms with Crippen LogP contribution in [0, 0.1) is 13.8 Å². The number of pyridine rings is 1. The number of carbonyl (C=O) groups is 1. The van der Waals surface area contributed by atoms with Crippen molar-refractivity contribution in [3.05, 3.63) is 64.6 Å². The monoisotopic (exact) mass is 343 g/mol. The van der Waals surface area contributed by atoms with Crippen molar-refractivity contribution in [3.63, 3.8) is 0 Å². The largest absolute Gasteiger partial charge is 0.483 e. The summed E-state index contributed by atoms with van der Waals surface area (Å²) in [6.07, 6.45) is 3.62. The lowest BCUT2D eigenvalue weighted by Crippen LogP contribution is -2.28. The van der Waals surface area contributed by atoms with Gasteiger partial charge in [0.2, 0.25) is 0 Å². The average molecular weight is 344 g/mol. The fourth-order valence-corrected chi connectivity index (χ4v) is 2.53. The SMILES string of the molecule is Cc1cccc(OCC(=O)NCc2cn3cc(Cl)ccc3n2)c1C. The first-order valence-electron chi connectivity index (χ1n) is 7.62. The summed E-state index contributed by atoms with van der Waals surface area (Å²) in [6.45, 7) is 4.31. The average Bonchev–Trinajstić information content (AvgIpc) is 2.96. The van der Waals surface area contributed by atoms with Gasteiger partial charge in [0, 0.05) is 12.4 Å². The van der Waals surface area contributed by atoms with Crippen LogP contribution in [0.15, 0.2) is 42.7 Å². The van der Waals surface area contributed by atoms with Crippen molar-refractivity contribution in [1.82, 2.24) is 14.7 Å². The Labute approximate surface area is 145 Å². The lowest BCUT2D eigenvalue weighted by atomic mass is 10.1. The molecule has 0 aliphatic heterocycles. The first-order valence-corrected chi connectivity index (χ1v) is 7.99. The third-order valence-electron chi connectivity index (χ3n) is 3.85. The quantitative estimate of drug-likeness (QED) is 0.773. The number of fused-ring (bicyclic) bond motifs is 1. The lowest BCUT2D eigenvalue weighted by Gasteiger charge is -2.10. The molecule has 24 heavy (non-hydrogen) atoms. The maximum Gasteiger partial charge on any atom is 0.258 e. The van der Waals surface area contributed by atoms with Crippen molar-refractivity contribution >= 4 is 23.2 Å². The Morgan fingerprint density at radius 2 is 2.08 bits per heavy atom. The number of rotatable bonds is 5. The first kappa shape index (κ1) is 16.3. The van der Waals surface area contributed by atoms with E-state index in [0.29, 0.717) is 11.6 Å². The van der Waals surface area contributed by atoms with Crippen LogP contribution in [-0.4, -0.2) is 21.9 Å². The molecule has 1 N–H and O–H groups in total. The van der Waals surface area contributed by atoms with Crippen LogP contribution in [0.1, 0.15) is 16.8 Å². The second kappa shape index (κ2) is 6.93. The number of imidazole rings is 1. The van der Waals surface area contributed by atoms with Crippen molar-refractivity contribution in [2.75, 3.05) is 6.61 Å². The summed E-state index contributed by atoms with van der Waals surface area (Å²) < 4.78 is 7.42. The highest BCUT2D eigenvalue weighted by Gasteiger charge is 2.08. The van der Waals surface area contributed by atoms with E-state index < -0.39 is 0 Å². The molecular formula is C18H18ClN3O2. The van der Waals surface area contributed by atoms with E-state index in [2.05, 4.69) is 10.3 Å². The topological polar surface area (TPSA) is 55.6 Å². The molecule has 5 nitrogen and oxygen atoms in total. The molecule has 0 saturated heterocycles. The van der Waals surface area contributed by atoms with Gasteiger partial charge < -0.3 is 14.5 Å². The van der Waals surface area contributed by atoms with Gasteiger partial charge in [0.05, 0.1) is 17.3 Å². The van der Waals surface area contributed by atoms with E-state index in [9.17, 15) is 4.79 Å². The molecule has 6 heteroatoms. The highest BCUT2D eigenvalue weighted by molar-refractivity contribution is 6.30. The number of aromatic nitrogens is 2. The van der Waals surface area contributed by atoms with E-state index in [1.165, 1.54) is 0 Å². The van der Waals surface area contributed by atoms with Gasteiger partial charge in [-0.3, -0.25) is 4.79 Å². The molecule has 0 atom stereocenters. The van der Waals surface area contributed by atoms with Gasteiger partial charge in [-0.05, 0) is 43.2 Å². The van der Waals surface area contributed by atoms with Gasteiger partial charge in [-0.25, -0.2) is 4.98 Å². The van der Waals surface area contributed by atoms with E-state index in [-0.39, 0.29) is 12.5 Å². The fraction of sp³-hybridized carbons (Fsp3) is 0.222. The van der Waals surface area contributed by atoms with E-state index in [1.807, 2.05) is 48.7 Å². The highest BCUT2D eigenvalue weighted by atomic mass is 35.5. The van der Waals surface area contributed by atoms with Gasteiger partial charge >= 0.3 is 0 Å². The zero-order valence-electron chi connectivity index (χ0n) is 13.5. The first-order chi connectivity index (χ1) is 11.5. The van der Waals surface area contributed by atoms with Crippen LogP contribution in [0.2, 0.25) is 5.02 Å². The Morgan fingerprint density at radius 1 is 1.25 bits per heavy atom. The molecule has 3 aromatic rings. The minimum absolute atomic E-state index is 0.0243. The molecule has 1 aromatic carbocycles. The number of hydrogen-bond acceptors (Lipinski definition) is 3. The van der Waals surface area contributed by atoms with Crippen molar-refractivity contribution < 1.29 is 9.53 Å². The number of amides is 1. The van der Waals surface area contributed by atoms with Crippen LogP contribution in [0.5, 0.6) is 5.75 Å². The van der Waals surface area contributed by atoms with Gasteiger partial charge in [0.25, 0.3) is 5.91 Å². The molecule has 0 aliphatic carbocycles. The summed E-state index contributed by atoms with van der Waals surface area (Å²) >= 11 is 5.94. The number of halogens is 1. The third-order valence-corrected chi connectivity index (χ3v) is 4.07. The number of benzene rings is 1. The molecule has 0 bridgehead atoms. The van der Waals surface area contributed by atoms with Gasteiger partial charge in [-0.2, -0.15) is 0 Å². The molecule has 0 unspecified atom stereocenters.